The number of rotatable bonds is 3. The van der Waals surface area contributed by atoms with Crippen molar-refractivity contribution in [3.63, 3.8) is 0 Å². The van der Waals surface area contributed by atoms with Crippen LogP contribution in [0.3, 0.4) is 0 Å². The molecule has 1 aliphatic heterocycles. The van der Waals surface area contributed by atoms with Crippen molar-refractivity contribution >= 4 is 29.5 Å². The van der Waals surface area contributed by atoms with E-state index in [1.165, 1.54) is 0 Å². The molecular formula is C12H13ClN2O2. The highest BCUT2D eigenvalue weighted by molar-refractivity contribution is 6.30. The van der Waals surface area contributed by atoms with E-state index in [1.807, 2.05) is 12.1 Å². The number of hydrazone groups is 1. The van der Waals surface area contributed by atoms with Crippen LogP contribution in [0.5, 0.6) is 0 Å². The summed E-state index contributed by atoms with van der Waals surface area (Å²) >= 11 is 5.82. The molecule has 1 unspecified atom stereocenters. The molecular weight excluding hydrogens is 240 g/mol. The number of carbonyl (C=O) groups is 1. The Morgan fingerprint density at radius 2 is 2.24 bits per heavy atom. The molecule has 0 saturated carbocycles. The average molecular weight is 253 g/mol. The predicted molar refractivity (Wildman–Crippen MR) is 67.5 cm³/mol. The van der Waals surface area contributed by atoms with Crippen molar-refractivity contribution < 1.29 is 9.53 Å². The van der Waals surface area contributed by atoms with Crippen molar-refractivity contribution in [1.82, 2.24) is 0 Å². The highest BCUT2D eigenvalue weighted by Crippen LogP contribution is 2.24. The molecule has 1 aromatic rings. The second kappa shape index (κ2) is 5.19. The highest BCUT2D eigenvalue weighted by Gasteiger charge is 2.30. The van der Waals surface area contributed by atoms with Crippen LogP contribution in [0.15, 0.2) is 29.4 Å². The Balaban J connectivity index is 2.16. The normalized spacial score (nSPS) is 18.5. The van der Waals surface area contributed by atoms with Crippen LogP contribution in [0.1, 0.15) is 13.3 Å². The largest absolute Gasteiger partial charge is 0.464 e. The first-order valence-corrected chi connectivity index (χ1v) is 5.84. The lowest BCUT2D eigenvalue weighted by molar-refractivity contribution is -0.144. The molecule has 17 heavy (non-hydrogen) atoms. The van der Waals surface area contributed by atoms with Gasteiger partial charge in [0.05, 0.1) is 12.3 Å². The smallest absolute Gasteiger partial charge is 0.331 e. The molecule has 2 rings (SSSR count). The first-order valence-electron chi connectivity index (χ1n) is 5.46. The third kappa shape index (κ3) is 2.58. The van der Waals surface area contributed by atoms with Crippen molar-refractivity contribution in [2.24, 2.45) is 5.10 Å². The molecule has 1 heterocycles. The van der Waals surface area contributed by atoms with Crippen molar-refractivity contribution in [1.29, 1.82) is 0 Å². The molecule has 1 aromatic carbocycles. The van der Waals surface area contributed by atoms with Gasteiger partial charge in [-0.25, -0.2) is 4.79 Å². The molecule has 0 amide bonds. The molecule has 0 radical (unpaired) electrons. The van der Waals surface area contributed by atoms with Crippen LogP contribution in [0, 0.1) is 0 Å². The third-order valence-electron chi connectivity index (χ3n) is 2.48. The molecule has 0 aliphatic carbocycles. The molecule has 1 aliphatic rings. The van der Waals surface area contributed by atoms with Crippen molar-refractivity contribution in [3.8, 4) is 0 Å². The van der Waals surface area contributed by atoms with Gasteiger partial charge in [-0.05, 0) is 31.2 Å². The minimum Gasteiger partial charge on any atom is -0.464 e. The minimum atomic E-state index is -0.365. The number of anilines is 1. The Morgan fingerprint density at radius 3 is 2.88 bits per heavy atom. The fourth-order valence-electron chi connectivity index (χ4n) is 1.69. The quantitative estimate of drug-likeness (QED) is 0.776. The van der Waals surface area contributed by atoms with Crippen LogP contribution >= 0.6 is 11.6 Å². The van der Waals surface area contributed by atoms with E-state index in [9.17, 15) is 4.79 Å². The Hall–Kier alpha value is -1.55. The van der Waals surface area contributed by atoms with Gasteiger partial charge in [0, 0.05) is 17.7 Å². The minimum absolute atomic E-state index is 0.250. The predicted octanol–water partition coefficient (Wildman–Crippen LogP) is 2.47. The monoisotopic (exact) mass is 252 g/mol. The van der Waals surface area contributed by atoms with Crippen molar-refractivity contribution in [2.45, 2.75) is 19.4 Å². The third-order valence-corrected chi connectivity index (χ3v) is 2.73. The van der Waals surface area contributed by atoms with E-state index in [-0.39, 0.29) is 12.0 Å². The number of hydrogen-bond donors (Lipinski definition) is 0. The SMILES string of the molecule is CCOC(=O)C1CC=NN1c1ccc(Cl)cc1. The Labute approximate surface area is 105 Å². The van der Waals surface area contributed by atoms with E-state index in [1.54, 1.807) is 30.3 Å². The number of hydrogen-bond acceptors (Lipinski definition) is 4. The summed E-state index contributed by atoms with van der Waals surface area (Å²) in [5.41, 5.74) is 0.834. The van der Waals surface area contributed by atoms with Crippen LogP contribution in [-0.4, -0.2) is 24.8 Å². The number of carbonyl (C=O) groups excluding carboxylic acids is 1. The summed E-state index contributed by atoms with van der Waals surface area (Å²) in [4.78, 5) is 11.7. The van der Waals surface area contributed by atoms with Gasteiger partial charge in [-0.1, -0.05) is 11.6 Å². The lowest BCUT2D eigenvalue weighted by atomic mass is 10.2. The fourth-order valence-corrected chi connectivity index (χ4v) is 1.82. The number of benzene rings is 1. The van der Waals surface area contributed by atoms with Gasteiger partial charge in [-0.3, -0.25) is 5.01 Å². The second-order valence-electron chi connectivity index (χ2n) is 3.62. The summed E-state index contributed by atoms with van der Waals surface area (Å²) in [5.74, 6) is -0.250. The first-order chi connectivity index (χ1) is 8.22. The van der Waals surface area contributed by atoms with E-state index in [2.05, 4.69) is 5.10 Å². The molecule has 0 saturated heterocycles. The molecule has 1 atom stereocenters. The zero-order chi connectivity index (χ0) is 12.3. The van der Waals surface area contributed by atoms with E-state index in [0.29, 0.717) is 18.1 Å². The molecule has 90 valence electrons. The van der Waals surface area contributed by atoms with Crippen LogP contribution < -0.4 is 5.01 Å². The standard InChI is InChI=1S/C12H13ClN2O2/c1-2-17-12(16)11-7-8-14-15(11)10-5-3-9(13)4-6-10/h3-6,8,11H,2,7H2,1H3. The topological polar surface area (TPSA) is 41.9 Å². The van der Waals surface area contributed by atoms with Crippen LogP contribution in [0.25, 0.3) is 0 Å². The van der Waals surface area contributed by atoms with Gasteiger partial charge in [-0.2, -0.15) is 5.10 Å². The van der Waals surface area contributed by atoms with Gasteiger partial charge in [0.1, 0.15) is 0 Å². The molecule has 0 spiro atoms. The summed E-state index contributed by atoms with van der Waals surface area (Å²) in [6, 6.07) is 6.84. The van der Waals surface area contributed by atoms with E-state index in [4.69, 9.17) is 16.3 Å². The first kappa shape index (κ1) is 11.9. The number of halogens is 1. The van der Waals surface area contributed by atoms with Gasteiger partial charge in [0.25, 0.3) is 0 Å². The number of nitrogens with zero attached hydrogens (tertiary/aromatic N) is 2. The van der Waals surface area contributed by atoms with Gasteiger partial charge in [0.2, 0.25) is 0 Å². The summed E-state index contributed by atoms with van der Waals surface area (Å²) < 4.78 is 5.01. The van der Waals surface area contributed by atoms with Gasteiger partial charge < -0.3 is 4.74 Å². The van der Waals surface area contributed by atoms with Crippen LogP contribution in [-0.2, 0) is 9.53 Å². The summed E-state index contributed by atoms with van der Waals surface area (Å²) in [6.45, 7) is 2.17. The zero-order valence-electron chi connectivity index (χ0n) is 9.47. The van der Waals surface area contributed by atoms with Crippen LogP contribution in [0.2, 0.25) is 5.02 Å². The zero-order valence-corrected chi connectivity index (χ0v) is 10.2. The fraction of sp³-hybridized carbons (Fsp3) is 0.333. The highest BCUT2D eigenvalue weighted by atomic mass is 35.5. The second-order valence-corrected chi connectivity index (χ2v) is 4.06. The summed E-state index contributed by atoms with van der Waals surface area (Å²) in [5, 5.41) is 6.50. The molecule has 0 aromatic heterocycles. The lowest BCUT2D eigenvalue weighted by Crippen LogP contribution is -2.35. The maximum Gasteiger partial charge on any atom is 0.331 e. The van der Waals surface area contributed by atoms with Gasteiger partial charge in [0.15, 0.2) is 6.04 Å². The number of ether oxygens (including phenoxy) is 1. The van der Waals surface area contributed by atoms with E-state index >= 15 is 0 Å². The summed E-state index contributed by atoms with van der Waals surface area (Å²) in [6.07, 6.45) is 2.29. The van der Waals surface area contributed by atoms with E-state index < -0.39 is 0 Å². The lowest BCUT2D eigenvalue weighted by Gasteiger charge is -2.21. The van der Waals surface area contributed by atoms with E-state index in [0.717, 1.165) is 5.69 Å². The average Bonchev–Trinajstić information content (AvgIpc) is 2.79. The maximum atomic E-state index is 11.7. The van der Waals surface area contributed by atoms with Gasteiger partial charge in [-0.15, -0.1) is 0 Å². The summed E-state index contributed by atoms with van der Waals surface area (Å²) in [7, 11) is 0. The molecule has 0 N–H and O–H groups in total. The number of esters is 1. The van der Waals surface area contributed by atoms with Crippen molar-refractivity contribution in [2.75, 3.05) is 11.6 Å². The Morgan fingerprint density at radius 1 is 1.53 bits per heavy atom. The Bertz CT molecular complexity index is 431. The molecule has 4 nitrogen and oxygen atoms in total. The van der Waals surface area contributed by atoms with Crippen LogP contribution in [0.4, 0.5) is 5.69 Å². The molecule has 0 fully saturated rings. The molecule has 0 bridgehead atoms. The van der Waals surface area contributed by atoms with Gasteiger partial charge >= 0.3 is 5.97 Å². The Kier molecular flexibility index (Phi) is 3.64. The maximum absolute atomic E-state index is 11.7. The van der Waals surface area contributed by atoms with Crippen molar-refractivity contribution in [3.05, 3.63) is 29.3 Å². The molecule has 5 heteroatoms.